The number of rotatable bonds is 5. The first-order valence-corrected chi connectivity index (χ1v) is 9.11. The summed E-state index contributed by atoms with van der Waals surface area (Å²) in [6.45, 7) is 1.87. The Balaban J connectivity index is 1.88. The van der Waals surface area contributed by atoms with Gasteiger partial charge in [0.15, 0.2) is 0 Å². The van der Waals surface area contributed by atoms with Gasteiger partial charge in [0.1, 0.15) is 10.8 Å². The molecule has 0 radical (unpaired) electrons. The first kappa shape index (κ1) is 18.3. The van der Waals surface area contributed by atoms with Crippen molar-refractivity contribution < 1.29 is 9.53 Å². The van der Waals surface area contributed by atoms with Gasteiger partial charge in [0.2, 0.25) is 0 Å². The molecule has 0 spiro atoms. The second kappa shape index (κ2) is 8.25. The lowest BCUT2D eigenvalue weighted by Gasteiger charge is -2.13. The van der Waals surface area contributed by atoms with E-state index >= 15 is 0 Å². The third kappa shape index (κ3) is 4.18. The standard InChI is InChI=1S/C20H17ClN2O2S/c1-13-11-17(18(25-2)12-16(13)21)23-19(24)15-9-6-10-22-20(15)26-14-7-4-3-5-8-14/h3-12H,1-2H3,(H,23,24). The second-order valence-electron chi connectivity index (χ2n) is 5.53. The number of ether oxygens (including phenoxy) is 1. The van der Waals surface area contributed by atoms with Gasteiger partial charge in [-0.05, 0) is 42.8 Å². The van der Waals surface area contributed by atoms with E-state index in [0.717, 1.165) is 10.5 Å². The normalized spacial score (nSPS) is 10.4. The van der Waals surface area contributed by atoms with E-state index < -0.39 is 0 Å². The van der Waals surface area contributed by atoms with Gasteiger partial charge >= 0.3 is 0 Å². The molecule has 0 bridgehead atoms. The van der Waals surface area contributed by atoms with Crippen molar-refractivity contribution in [3.63, 3.8) is 0 Å². The van der Waals surface area contributed by atoms with E-state index in [1.807, 2.05) is 37.3 Å². The van der Waals surface area contributed by atoms with Gasteiger partial charge in [0.05, 0.1) is 18.4 Å². The second-order valence-corrected chi connectivity index (χ2v) is 7.00. The molecule has 0 aliphatic carbocycles. The van der Waals surface area contributed by atoms with Crippen molar-refractivity contribution in [2.24, 2.45) is 0 Å². The van der Waals surface area contributed by atoms with Gasteiger partial charge in [-0.25, -0.2) is 4.98 Å². The predicted molar refractivity (Wildman–Crippen MR) is 105 cm³/mol. The molecule has 1 aromatic heterocycles. The Kier molecular flexibility index (Phi) is 5.81. The molecule has 0 aliphatic rings. The predicted octanol–water partition coefficient (Wildman–Crippen LogP) is 5.46. The van der Waals surface area contributed by atoms with E-state index in [9.17, 15) is 4.79 Å². The third-order valence-corrected chi connectivity index (χ3v) is 5.14. The molecule has 0 atom stereocenters. The molecule has 0 saturated heterocycles. The van der Waals surface area contributed by atoms with E-state index in [2.05, 4.69) is 10.3 Å². The highest BCUT2D eigenvalue weighted by Crippen LogP contribution is 2.33. The largest absolute Gasteiger partial charge is 0.495 e. The molecule has 26 heavy (non-hydrogen) atoms. The summed E-state index contributed by atoms with van der Waals surface area (Å²) in [4.78, 5) is 18.2. The van der Waals surface area contributed by atoms with Crippen LogP contribution in [0.5, 0.6) is 5.75 Å². The first-order valence-electron chi connectivity index (χ1n) is 7.92. The number of aryl methyl sites for hydroxylation is 1. The number of pyridine rings is 1. The number of halogens is 1. The van der Waals surface area contributed by atoms with Crippen LogP contribution in [0, 0.1) is 6.92 Å². The number of aromatic nitrogens is 1. The third-order valence-electron chi connectivity index (χ3n) is 3.70. The summed E-state index contributed by atoms with van der Waals surface area (Å²) in [6, 6.07) is 16.8. The Morgan fingerprint density at radius 1 is 1.15 bits per heavy atom. The van der Waals surface area contributed by atoms with Gasteiger partial charge in [-0.3, -0.25) is 4.79 Å². The van der Waals surface area contributed by atoms with Crippen molar-refractivity contribution in [2.45, 2.75) is 16.8 Å². The summed E-state index contributed by atoms with van der Waals surface area (Å²) in [5.41, 5.74) is 1.92. The number of methoxy groups -OCH3 is 1. The quantitative estimate of drug-likeness (QED) is 0.635. The molecule has 0 unspecified atom stereocenters. The zero-order chi connectivity index (χ0) is 18.5. The van der Waals surface area contributed by atoms with Crippen LogP contribution in [0.2, 0.25) is 5.02 Å². The number of nitrogens with one attached hydrogen (secondary N) is 1. The van der Waals surface area contributed by atoms with Crippen LogP contribution in [-0.4, -0.2) is 18.0 Å². The molecule has 132 valence electrons. The SMILES string of the molecule is COc1cc(Cl)c(C)cc1NC(=O)c1cccnc1Sc1ccccc1. The topological polar surface area (TPSA) is 51.2 Å². The highest BCUT2D eigenvalue weighted by atomic mass is 35.5. The van der Waals surface area contributed by atoms with Crippen LogP contribution in [0.15, 0.2) is 70.7 Å². The Hall–Kier alpha value is -2.50. The lowest BCUT2D eigenvalue weighted by Crippen LogP contribution is -2.14. The number of hydrogen-bond acceptors (Lipinski definition) is 4. The minimum atomic E-state index is -0.253. The van der Waals surface area contributed by atoms with E-state index in [1.54, 1.807) is 30.5 Å². The smallest absolute Gasteiger partial charge is 0.258 e. The Labute approximate surface area is 161 Å². The van der Waals surface area contributed by atoms with Crippen molar-refractivity contribution in [1.82, 2.24) is 4.98 Å². The van der Waals surface area contributed by atoms with E-state index in [0.29, 0.717) is 27.0 Å². The minimum absolute atomic E-state index is 0.253. The highest BCUT2D eigenvalue weighted by Gasteiger charge is 2.16. The number of carbonyl (C=O) groups is 1. The van der Waals surface area contributed by atoms with Gasteiger partial charge in [-0.1, -0.05) is 41.6 Å². The Morgan fingerprint density at radius 3 is 2.65 bits per heavy atom. The molecule has 3 aromatic rings. The van der Waals surface area contributed by atoms with Crippen LogP contribution < -0.4 is 10.1 Å². The van der Waals surface area contributed by atoms with Gasteiger partial charge in [0, 0.05) is 22.2 Å². The van der Waals surface area contributed by atoms with E-state index in [1.165, 1.54) is 18.9 Å². The molecule has 1 heterocycles. The van der Waals surface area contributed by atoms with Crippen molar-refractivity contribution in [2.75, 3.05) is 12.4 Å². The lowest BCUT2D eigenvalue weighted by atomic mass is 10.2. The number of hydrogen-bond donors (Lipinski definition) is 1. The van der Waals surface area contributed by atoms with Crippen molar-refractivity contribution in [3.8, 4) is 5.75 Å². The maximum Gasteiger partial charge on any atom is 0.258 e. The number of amides is 1. The summed E-state index contributed by atoms with van der Waals surface area (Å²) in [7, 11) is 1.54. The summed E-state index contributed by atoms with van der Waals surface area (Å²) in [6.07, 6.45) is 1.68. The summed E-state index contributed by atoms with van der Waals surface area (Å²) < 4.78 is 5.32. The molecule has 6 heteroatoms. The average molecular weight is 385 g/mol. The van der Waals surface area contributed by atoms with Gasteiger partial charge in [-0.2, -0.15) is 0 Å². The zero-order valence-corrected chi connectivity index (χ0v) is 15.9. The highest BCUT2D eigenvalue weighted by molar-refractivity contribution is 7.99. The maximum absolute atomic E-state index is 12.8. The fraction of sp³-hybridized carbons (Fsp3) is 0.100. The Morgan fingerprint density at radius 2 is 1.92 bits per heavy atom. The summed E-state index contributed by atoms with van der Waals surface area (Å²) in [5.74, 6) is 0.256. The molecule has 2 aromatic carbocycles. The van der Waals surface area contributed by atoms with Crippen LogP contribution in [0.1, 0.15) is 15.9 Å². The number of carbonyl (C=O) groups excluding carboxylic acids is 1. The Bertz CT molecular complexity index is 932. The molecule has 3 rings (SSSR count). The van der Waals surface area contributed by atoms with Gasteiger partial charge in [0.25, 0.3) is 5.91 Å². The van der Waals surface area contributed by atoms with Crippen LogP contribution in [0.4, 0.5) is 5.69 Å². The lowest BCUT2D eigenvalue weighted by molar-refractivity contribution is 0.102. The number of benzene rings is 2. The van der Waals surface area contributed by atoms with Crippen molar-refractivity contribution in [3.05, 3.63) is 76.9 Å². The van der Waals surface area contributed by atoms with Crippen molar-refractivity contribution >= 4 is 35.0 Å². The van der Waals surface area contributed by atoms with Crippen LogP contribution >= 0.6 is 23.4 Å². The summed E-state index contributed by atoms with van der Waals surface area (Å²) in [5, 5.41) is 4.12. The first-order chi connectivity index (χ1) is 12.6. The maximum atomic E-state index is 12.8. The zero-order valence-electron chi connectivity index (χ0n) is 14.3. The van der Waals surface area contributed by atoms with Gasteiger partial charge < -0.3 is 10.1 Å². The van der Waals surface area contributed by atoms with E-state index in [-0.39, 0.29) is 5.91 Å². The molecule has 0 fully saturated rings. The monoisotopic (exact) mass is 384 g/mol. The minimum Gasteiger partial charge on any atom is -0.495 e. The molecule has 1 N–H and O–H groups in total. The number of nitrogens with zero attached hydrogens (tertiary/aromatic N) is 1. The average Bonchev–Trinajstić information content (AvgIpc) is 2.65. The fourth-order valence-electron chi connectivity index (χ4n) is 2.36. The molecule has 1 amide bonds. The fourth-order valence-corrected chi connectivity index (χ4v) is 3.42. The molecule has 4 nitrogen and oxygen atoms in total. The molecule has 0 aliphatic heterocycles. The van der Waals surface area contributed by atoms with Crippen molar-refractivity contribution in [1.29, 1.82) is 0 Å². The van der Waals surface area contributed by atoms with Gasteiger partial charge in [-0.15, -0.1) is 0 Å². The molecular formula is C20H17ClN2O2S. The van der Waals surface area contributed by atoms with Crippen LogP contribution in [-0.2, 0) is 0 Å². The molecule has 0 saturated carbocycles. The summed E-state index contributed by atoms with van der Waals surface area (Å²) >= 11 is 7.57. The van der Waals surface area contributed by atoms with Crippen LogP contribution in [0.3, 0.4) is 0 Å². The van der Waals surface area contributed by atoms with E-state index in [4.69, 9.17) is 16.3 Å². The number of anilines is 1. The molecular weight excluding hydrogens is 368 g/mol. The van der Waals surface area contributed by atoms with Crippen LogP contribution in [0.25, 0.3) is 0 Å².